The number of rotatable bonds is 7. The first-order valence-electron chi connectivity index (χ1n) is 15.2. The molecule has 8 nitrogen and oxygen atoms in total. The fraction of sp³-hybridized carbons (Fsp3) is 0.531. The molecule has 10 heteroatoms. The second kappa shape index (κ2) is 9.31. The van der Waals surface area contributed by atoms with Crippen LogP contribution in [0.15, 0.2) is 30.5 Å². The van der Waals surface area contributed by atoms with Gasteiger partial charge in [-0.3, -0.25) is 4.79 Å². The minimum Gasteiger partial charge on any atom is -0.379 e. The molecule has 3 saturated carbocycles. The Bertz CT molecular complexity index is 1740. The van der Waals surface area contributed by atoms with Crippen LogP contribution in [-0.4, -0.2) is 61.2 Å². The van der Waals surface area contributed by atoms with Crippen molar-refractivity contribution in [2.45, 2.75) is 76.2 Å². The highest BCUT2D eigenvalue weighted by Gasteiger charge is 2.47. The number of carbonyl (C=O) groups excluding carboxylic acids is 1. The summed E-state index contributed by atoms with van der Waals surface area (Å²) in [6, 6.07) is 6.49. The van der Waals surface area contributed by atoms with E-state index in [-0.39, 0.29) is 29.5 Å². The molecule has 4 aromatic rings. The number of pyridine rings is 1. The van der Waals surface area contributed by atoms with Crippen molar-refractivity contribution in [2.24, 2.45) is 23.5 Å². The lowest BCUT2D eigenvalue weighted by Crippen LogP contribution is -2.44. The fourth-order valence-corrected chi connectivity index (χ4v) is 7.92. The quantitative estimate of drug-likeness (QED) is 0.331. The molecule has 4 aliphatic rings. The maximum Gasteiger partial charge on any atom is 0.254 e. The van der Waals surface area contributed by atoms with E-state index in [0.29, 0.717) is 58.4 Å². The number of likely N-dealkylation sites (tertiary alicyclic amines) is 1. The van der Waals surface area contributed by atoms with Crippen LogP contribution in [0.1, 0.15) is 55.8 Å². The molecule has 0 spiro atoms. The number of amides is 1. The zero-order valence-electron chi connectivity index (χ0n) is 24.0. The molecule has 4 heterocycles. The van der Waals surface area contributed by atoms with Gasteiger partial charge in [-0.2, -0.15) is 0 Å². The Morgan fingerprint density at radius 2 is 1.86 bits per heavy atom. The Morgan fingerprint density at radius 1 is 1.07 bits per heavy atom. The van der Waals surface area contributed by atoms with Crippen molar-refractivity contribution in [1.82, 2.24) is 24.0 Å². The van der Waals surface area contributed by atoms with Crippen molar-refractivity contribution in [3.63, 3.8) is 0 Å². The highest BCUT2D eigenvalue weighted by atomic mass is 19.1. The lowest BCUT2D eigenvalue weighted by molar-refractivity contribution is -0.0937. The van der Waals surface area contributed by atoms with E-state index in [4.69, 9.17) is 15.5 Å². The number of carbonyl (C=O) groups is 1. The zero-order valence-corrected chi connectivity index (χ0v) is 24.0. The molecular weight excluding hydrogens is 538 g/mol. The van der Waals surface area contributed by atoms with E-state index in [1.54, 1.807) is 13.2 Å². The van der Waals surface area contributed by atoms with Crippen molar-refractivity contribution in [2.75, 3.05) is 13.7 Å². The number of hydrogen-bond donors (Lipinski definition) is 1. The predicted molar refractivity (Wildman–Crippen MR) is 155 cm³/mol. The molecule has 2 bridgehead atoms. The predicted octanol–water partition coefficient (Wildman–Crippen LogP) is 5.12. The first-order valence-corrected chi connectivity index (χ1v) is 15.2. The number of piperidine rings is 1. The van der Waals surface area contributed by atoms with E-state index in [2.05, 4.69) is 16.5 Å². The minimum atomic E-state index is -0.467. The van der Waals surface area contributed by atoms with Crippen LogP contribution in [-0.2, 0) is 17.8 Å². The van der Waals surface area contributed by atoms with Gasteiger partial charge in [-0.15, -0.1) is 0 Å². The van der Waals surface area contributed by atoms with E-state index < -0.39 is 11.6 Å². The van der Waals surface area contributed by atoms with Gasteiger partial charge in [0.15, 0.2) is 5.82 Å². The number of nitrogens with two attached hydrogens (primary N) is 1. The molecule has 1 aromatic carbocycles. The summed E-state index contributed by atoms with van der Waals surface area (Å²) < 4.78 is 40.1. The van der Waals surface area contributed by atoms with Gasteiger partial charge in [0.25, 0.3) is 5.91 Å². The highest BCUT2D eigenvalue weighted by Crippen LogP contribution is 2.43. The number of benzene rings is 1. The van der Waals surface area contributed by atoms with Crippen LogP contribution in [0.3, 0.4) is 0 Å². The number of hydrogen-bond acceptors (Lipinski definition) is 5. The van der Waals surface area contributed by atoms with Gasteiger partial charge in [0, 0.05) is 49.8 Å². The first-order chi connectivity index (χ1) is 20.2. The van der Waals surface area contributed by atoms with Crippen LogP contribution >= 0.6 is 0 Å². The van der Waals surface area contributed by atoms with E-state index in [1.807, 2.05) is 15.5 Å². The summed E-state index contributed by atoms with van der Waals surface area (Å²) in [6.07, 6.45) is 7.16. The van der Waals surface area contributed by atoms with Gasteiger partial charge < -0.3 is 24.5 Å². The normalized spacial score (nSPS) is 28.7. The van der Waals surface area contributed by atoms with Crippen molar-refractivity contribution >= 4 is 28.0 Å². The minimum absolute atomic E-state index is 0.00844. The van der Waals surface area contributed by atoms with Gasteiger partial charge in [0.2, 0.25) is 0 Å². The summed E-state index contributed by atoms with van der Waals surface area (Å²) in [7, 11) is 1.73. The van der Waals surface area contributed by atoms with Gasteiger partial charge in [-0.25, -0.2) is 18.7 Å². The summed E-state index contributed by atoms with van der Waals surface area (Å²) >= 11 is 0. The van der Waals surface area contributed by atoms with Crippen molar-refractivity contribution in [1.29, 1.82) is 0 Å². The van der Waals surface area contributed by atoms with Crippen LogP contribution in [0.4, 0.5) is 8.78 Å². The van der Waals surface area contributed by atoms with E-state index >= 15 is 4.39 Å². The average molecular weight is 575 g/mol. The molecule has 3 atom stereocenters. The zero-order chi connectivity index (χ0) is 28.9. The first kappa shape index (κ1) is 26.3. The van der Waals surface area contributed by atoms with Crippen LogP contribution < -0.4 is 5.73 Å². The third-order valence-electron chi connectivity index (χ3n) is 10.4. The van der Waals surface area contributed by atoms with E-state index in [9.17, 15) is 9.18 Å². The number of nitrogens with zero attached hydrogens (tertiary/aromatic N) is 5. The Balaban J connectivity index is 1.26. The lowest BCUT2D eigenvalue weighted by atomic mass is 9.72. The second-order valence-corrected chi connectivity index (χ2v) is 13.4. The largest absolute Gasteiger partial charge is 0.379 e. The molecule has 3 aromatic heterocycles. The SMILES string of the molecule is COC1(C)CC(Cn2c(-c3cc4cc(F)cnc4n3CC3CC3)nc3cc(C(=O)N4C[C@H]5CC[C@@H]4[C@@H]5N)cc(F)c32)C1. The van der Waals surface area contributed by atoms with Gasteiger partial charge in [-0.05, 0) is 87.5 Å². The number of fused-ring (bicyclic) bond motifs is 4. The number of ether oxygens (including phenoxy) is 1. The van der Waals surface area contributed by atoms with Crippen molar-refractivity contribution in [3.8, 4) is 11.5 Å². The summed E-state index contributed by atoms with van der Waals surface area (Å²) in [4.78, 5) is 24.9. The number of halogens is 2. The molecule has 0 radical (unpaired) electrons. The molecular formula is C32H36F2N6O2. The standard InChI is InChI=1S/C32H36F2N6O2/c1-32(42-2)11-18(12-32)15-40-28-23(34)8-21(31(41)39-16-19-5-6-25(39)27(19)35)9-24(28)37-30(40)26-10-20-7-22(33)13-36-29(20)38(26)14-17-3-4-17/h7-10,13,17-19,25,27H,3-6,11-12,14-16,35H2,1-2H3/t18?,19-,25-,27-,32?/m1/s1. The van der Waals surface area contributed by atoms with Crippen LogP contribution in [0.25, 0.3) is 33.6 Å². The lowest BCUT2D eigenvalue weighted by Gasteiger charge is -2.44. The van der Waals surface area contributed by atoms with Crippen LogP contribution in [0.5, 0.6) is 0 Å². The Hall–Kier alpha value is -3.37. The molecule has 4 fully saturated rings. The van der Waals surface area contributed by atoms with E-state index in [1.165, 1.54) is 18.3 Å². The molecule has 1 aliphatic heterocycles. The third kappa shape index (κ3) is 4.09. The molecule has 0 unspecified atom stereocenters. The molecule has 3 aliphatic carbocycles. The summed E-state index contributed by atoms with van der Waals surface area (Å²) in [6.45, 7) is 4.02. The summed E-state index contributed by atoms with van der Waals surface area (Å²) in [5, 5.41) is 0.691. The Labute approximate surface area is 242 Å². The fourth-order valence-electron chi connectivity index (χ4n) is 7.92. The third-order valence-corrected chi connectivity index (χ3v) is 10.4. The van der Waals surface area contributed by atoms with Crippen molar-refractivity contribution in [3.05, 3.63) is 47.7 Å². The maximum absolute atomic E-state index is 16.2. The Morgan fingerprint density at radius 3 is 2.55 bits per heavy atom. The number of methoxy groups -OCH3 is 1. The van der Waals surface area contributed by atoms with Gasteiger partial charge >= 0.3 is 0 Å². The molecule has 8 rings (SSSR count). The van der Waals surface area contributed by atoms with Gasteiger partial charge in [-0.1, -0.05) is 0 Å². The van der Waals surface area contributed by atoms with Crippen LogP contribution in [0, 0.1) is 29.4 Å². The van der Waals surface area contributed by atoms with Crippen molar-refractivity contribution < 1.29 is 18.3 Å². The topological polar surface area (TPSA) is 91.2 Å². The molecule has 2 N–H and O–H groups in total. The number of aromatic nitrogens is 4. The highest BCUT2D eigenvalue weighted by molar-refractivity contribution is 5.98. The monoisotopic (exact) mass is 574 g/mol. The second-order valence-electron chi connectivity index (χ2n) is 13.4. The molecule has 1 amide bonds. The molecule has 220 valence electrons. The summed E-state index contributed by atoms with van der Waals surface area (Å²) in [5.41, 5.74) is 8.79. The smallest absolute Gasteiger partial charge is 0.254 e. The van der Waals surface area contributed by atoms with Gasteiger partial charge in [0.1, 0.15) is 22.8 Å². The van der Waals surface area contributed by atoms with Gasteiger partial charge in [0.05, 0.1) is 23.0 Å². The molecule has 42 heavy (non-hydrogen) atoms. The molecule has 1 saturated heterocycles. The maximum atomic E-state index is 16.2. The van der Waals surface area contributed by atoms with Crippen LogP contribution in [0.2, 0.25) is 0 Å². The average Bonchev–Trinajstić information content (AvgIpc) is 3.32. The Kier molecular flexibility index (Phi) is 5.83. The summed E-state index contributed by atoms with van der Waals surface area (Å²) in [5.74, 6) is 0.680. The van der Waals surface area contributed by atoms with E-state index in [0.717, 1.165) is 50.8 Å². The number of imidazole rings is 1.